The van der Waals surface area contributed by atoms with Crippen LogP contribution in [-0.2, 0) is 0 Å². The van der Waals surface area contributed by atoms with Crippen LogP contribution in [0.3, 0.4) is 0 Å². The summed E-state index contributed by atoms with van der Waals surface area (Å²) in [7, 11) is 0. The Balaban J connectivity index is 2.29. The van der Waals surface area contributed by atoms with Crippen molar-refractivity contribution in [2.24, 2.45) is 0 Å². The lowest BCUT2D eigenvalue weighted by molar-refractivity contribution is 0.829. The van der Waals surface area contributed by atoms with Gasteiger partial charge in [-0.25, -0.2) is 0 Å². The molecule has 0 radical (unpaired) electrons. The van der Waals surface area contributed by atoms with Gasteiger partial charge in [0.15, 0.2) is 0 Å². The van der Waals surface area contributed by atoms with Crippen molar-refractivity contribution >= 4 is 32.2 Å². The molecule has 0 atom stereocenters. The third-order valence-electron chi connectivity index (χ3n) is 2.73. The van der Waals surface area contributed by atoms with Crippen molar-refractivity contribution < 1.29 is 0 Å². The van der Waals surface area contributed by atoms with E-state index in [0.717, 1.165) is 19.4 Å². The number of hydrogen-bond donors (Lipinski definition) is 0. The lowest BCUT2D eigenvalue weighted by atomic mass is 10.2. The molecular weight excluding hydrogens is 342 g/mol. The van der Waals surface area contributed by atoms with Gasteiger partial charge in [-0.1, -0.05) is 39.4 Å². The van der Waals surface area contributed by atoms with Gasteiger partial charge >= 0.3 is 0 Å². The van der Waals surface area contributed by atoms with Crippen molar-refractivity contribution in [1.82, 2.24) is 14.6 Å². The second-order valence-electron chi connectivity index (χ2n) is 4.15. The van der Waals surface area contributed by atoms with E-state index in [9.17, 15) is 9.59 Å². The predicted molar refractivity (Wildman–Crippen MR) is 81.3 cm³/mol. The first-order chi connectivity index (χ1) is 9.54. The Kier molecular flexibility index (Phi) is 3.23. The highest BCUT2D eigenvalue weighted by molar-refractivity contribution is 9.10. The molecule has 5 nitrogen and oxygen atoms in total. The number of fused-ring (bicyclic) bond motifs is 1. The molecule has 0 unspecified atom stereocenters. The van der Waals surface area contributed by atoms with Crippen LogP contribution in [0.5, 0.6) is 0 Å². The van der Waals surface area contributed by atoms with Crippen LogP contribution in [-0.4, -0.2) is 14.6 Å². The minimum absolute atomic E-state index is 0.211. The molecule has 2 aromatic heterocycles. The quantitative estimate of drug-likeness (QED) is 0.675. The van der Waals surface area contributed by atoms with E-state index >= 15 is 0 Å². The molecule has 3 aromatic rings. The first kappa shape index (κ1) is 13.1. The van der Waals surface area contributed by atoms with E-state index in [1.165, 1.54) is 24.3 Å². The molecule has 0 spiro atoms. The molecule has 0 fully saturated rings. The van der Waals surface area contributed by atoms with Crippen molar-refractivity contribution in [2.75, 3.05) is 0 Å². The van der Waals surface area contributed by atoms with E-state index in [1.54, 1.807) is 0 Å². The fourth-order valence-corrected chi connectivity index (χ4v) is 2.94. The molecule has 0 saturated carbocycles. The van der Waals surface area contributed by atoms with Crippen molar-refractivity contribution in [1.29, 1.82) is 0 Å². The fraction of sp³-hybridized carbons (Fsp3) is 0.0769. The third kappa shape index (κ3) is 2.30. The summed E-state index contributed by atoms with van der Waals surface area (Å²) in [4.78, 5) is 28.5. The lowest BCUT2D eigenvalue weighted by Gasteiger charge is -2.03. The van der Waals surface area contributed by atoms with Crippen LogP contribution in [0.15, 0.2) is 44.4 Å². The molecule has 0 aliphatic rings. The van der Waals surface area contributed by atoms with Gasteiger partial charge < -0.3 is 0 Å². The smallest absolute Gasteiger partial charge is 0.267 e. The maximum Gasteiger partial charge on any atom is 0.295 e. The Labute approximate surface area is 125 Å². The molecule has 0 saturated heterocycles. The number of halogens is 1. The highest BCUT2D eigenvalue weighted by Gasteiger charge is 2.08. The number of aryl methyl sites for hydroxylation is 1. The lowest BCUT2D eigenvalue weighted by Crippen LogP contribution is -2.23. The molecular formula is C13H8BrN3O2S. The normalized spacial score (nSPS) is 10.9. The second-order valence-corrected chi connectivity index (χ2v) is 6.08. The number of benzene rings is 1. The van der Waals surface area contributed by atoms with Crippen LogP contribution < -0.4 is 11.1 Å². The van der Waals surface area contributed by atoms with Crippen LogP contribution >= 0.6 is 27.3 Å². The van der Waals surface area contributed by atoms with Crippen LogP contribution in [0.25, 0.3) is 15.4 Å². The highest BCUT2D eigenvalue weighted by Crippen LogP contribution is 2.25. The summed E-state index contributed by atoms with van der Waals surface area (Å²) < 4.78 is 2.12. The average Bonchev–Trinajstić information content (AvgIpc) is 2.42. The van der Waals surface area contributed by atoms with Gasteiger partial charge in [-0.05, 0) is 24.6 Å². The summed E-state index contributed by atoms with van der Waals surface area (Å²) in [5, 5.41) is 3.96. The molecule has 3 rings (SSSR count). The minimum atomic E-state index is -0.409. The Morgan fingerprint density at radius 3 is 2.60 bits per heavy atom. The zero-order valence-electron chi connectivity index (χ0n) is 10.3. The number of aromatic nitrogens is 3. The van der Waals surface area contributed by atoms with Gasteiger partial charge in [-0.2, -0.15) is 14.6 Å². The molecule has 0 bridgehead atoms. The van der Waals surface area contributed by atoms with Crippen LogP contribution in [0.1, 0.15) is 5.69 Å². The number of hydrogen-bond acceptors (Lipinski definition) is 5. The fourth-order valence-electron chi connectivity index (χ4n) is 1.72. The summed E-state index contributed by atoms with van der Waals surface area (Å²) in [6, 6.07) is 9.07. The Morgan fingerprint density at radius 2 is 1.90 bits per heavy atom. The minimum Gasteiger partial charge on any atom is -0.267 e. The predicted octanol–water partition coefficient (Wildman–Crippen LogP) is 2.25. The molecule has 0 aliphatic carbocycles. The SMILES string of the molecule is Cc1nn2c(=O)cc(-c3ccc(Br)cc3)sc2nc1=O. The summed E-state index contributed by atoms with van der Waals surface area (Å²) >= 11 is 4.62. The first-order valence-electron chi connectivity index (χ1n) is 5.72. The van der Waals surface area contributed by atoms with Crippen LogP contribution in [0.4, 0.5) is 0 Å². The highest BCUT2D eigenvalue weighted by atomic mass is 79.9. The molecule has 1 aromatic carbocycles. The van der Waals surface area contributed by atoms with Gasteiger partial charge in [0, 0.05) is 15.4 Å². The molecule has 7 heteroatoms. The molecule has 20 heavy (non-hydrogen) atoms. The first-order valence-corrected chi connectivity index (χ1v) is 7.33. The molecule has 100 valence electrons. The summed E-state index contributed by atoms with van der Waals surface area (Å²) in [5.74, 6) is 0. The van der Waals surface area contributed by atoms with E-state index in [1.807, 2.05) is 24.3 Å². The molecule has 0 N–H and O–H groups in total. The maximum absolute atomic E-state index is 12.1. The van der Waals surface area contributed by atoms with Gasteiger partial charge in [-0.15, -0.1) is 0 Å². The largest absolute Gasteiger partial charge is 0.295 e. The van der Waals surface area contributed by atoms with E-state index in [4.69, 9.17) is 0 Å². The van der Waals surface area contributed by atoms with Gasteiger partial charge in [0.05, 0.1) is 0 Å². The van der Waals surface area contributed by atoms with Crippen molar-refractivity contribution in [3.05, 3.63) is 61.2 Å². The third-order valence-corrected chi connectivity index (χ3v) is 4.28. The summed E-state index contributed by atoms with van der Waals surface area (Å²) in [6.45, 7) is 1.54. The molecule has 2 heterocycles. The van der Waals surface area contributed by atoms with Crippen LogP contribution in [0.2, 0.25) is 0 Å². The van der Waals surface area contributed by atoms with E-state index in [-0.39, 0.29) is 11.3 Å². The van der Waals surface area contributed by atoms with E-state index in [2.05, 4.69) is 26.0 Å². The standard InChI is InChI=1S/C13H8BrN3O2S/c1-7-12(19)15-13-17(16-7)11(18)6-10(20-13)8-2-4-9(14)5-3-8/h2-6H,1H3. The monoisotopic (exact) mass is 349 g/mol. The van der Waals surface area contributed by atoms with Crippen molar-refractivity contribution in [2.45, 2.75) is 6.92 Å². The summed E-state index contributed by atoms with van der Waals surface area (Å²) in [5.41, 5.74) is 0.400. The van der Waals surface area contributed by atoms with Gasteiger partial charge in [0.1, 0.15) is 5.69 Å². The zero-order valence-corrected chi connectivity index (χ0v) is 12.7. The number of rotatable bonds is 1. The van der Waals surface area contributed by atoms with Gasteiger partial charge in [0.2, 0.25) is 4.96 Å². The Hall–Kier alpha value is -1.86. The Morgan fingerprint density at radius 1 is 1.20 bits per heavy atom. The zero-order chi connectivity index (χ0) is 14.3. The summed E-state index contributed by atoms with van der Waals surface area (Å²) in [6.07, 6.45) is 0. The van der Waals surface area contributed by atoms with Crippen LogP contribution in [0, 0.1) is 6.92 Å². The average molecular weight is 350 g/mol. The van der Waals surface area contributed by atoms with Crippen molar-refractivity contribution in [3.8, 4) is 10.4 Å². The maximum atomic E-state index is 12.1. The molecule has 0 amide bonds. The second kappa shape index (κ2) is 4.92. The van der Waals surface area contributed by atoms with E-state index < -0.39 is 5.56 Å². The molecule has 0 aliphatic heterocycles. The van der Waals surface area contributed by atoms with Crippen molar-refractivity contribution in [3.63, 3.8) is 0 Å². The topological polar surface area (TPSA) is 64.3 Å². The van der Waals surface area contributed by atoms with Gasteiger partial charge in [0.25, 0.3) is 11.1 Å². The van der Waals surface area contributed by atoms with E-state index in [0.29, 0.717) is 4.96 Å². The van der Waals surface area contributed by atoms with Gasteiger partial charge in [-0.3, -0.25) is 9.59 Å². The Bertz CT molecular complexity index is 916. The number of nitrogens with zero attached hydrogens (tertiary/aromatic N) is 3.